The Balaban J connectivity index is 2.35. The van der Waals surface area contributed by atoms with Crippen LogP contribution in [0, 0.1) is 0 Å². The van der Waals surface area contributed by atoms with Gasteiger partial charge >= 0.3 is 97.7 Å². The van der Waals surface area contributed by atoms with Crippen LogP contribution in [0.25, 0.3) is 11.2 Å². The number of nitrogen functional groups attached to an aromatic ring is 1. The second kappa shape index (κ2) is 4.17. The average molecular weight is 319 g/mol. The minimum absolute atomic E-state index is 0.125. The Morgan fingerprint density at radius 3 is 3.00 bits per heavy atom. The predicted octanol–water partition coefficient (Wildman–Crippen LogP) is -2.24. The number of nitrogens with one attached hydrogen (secondary N) is 2. The molecule has 7 heteroatoms. The molecular formula is C8H12IN6-. The van der Waals surface area contributed by atoms with E-state index < -0.39 is 0 Å². The number of hydrogen-bond donors (Lipinski definition) is 3. The van der Waals surface area contributed by atoms with Gasteiger partial charge in [0.25, 0.3) is 0 Å². The standard InChI is InChI=1S/C8H12IN6/c1-4(2)9-15-7-5-6(12-3-11-5)13-8(10)14-7/h3-4H,1-2H3,(H4,10,11,12,13,14,15)/q-1. The molecule has 15 heavy (non-hydrogen) atoms. The van der Waals surface area contributed by atoms with Gasteiger partial charge in [0.15, 0.2) is 0 Å². The van der Waals surface area contributed by atoms with E-state index in [0.717, 1.165) is 11.3 Å². The summed E-state index contributed by atoms with van der Waals surface area (Å²) in [6, 6.07) is 0. The Labute approximate surface area is 97.7 Å². The van der Waals surface area contributed by atoms with E-state index in [0.29, 0.717) is 9.57 Å². The van der Waals surface area contributed by atoms with Gasteiger partial charge in [-0.15, -0.1) is 0 Å². The van der Waals surface area contributed by atoms with Crippen molar-refractivity contribution >= 4 is 22.9 Å². The first kappa shape index (κ1) is 10.4. The number of H-pyrrole nitrogens is 1. The molecule has 0 spiro atoms. The molecule has 6 nitrogen and oxygen atoms in total. The van der Waals surface area contributed by atoms with Crippen LogP contribution in [-0.4, -0.2) is 23.9 Å². The van der Waals surface area contributed by atoms with Crippen molar-refractivity contribution < 1.29 is 21.5 Å². The van der Waals surface area contributed by atoms with Gasteiger partial charge in [0, 0.05) is 0 Å². The number of alkyl halides is 1. The minimum atomic E-state index is -0.125. The van der Waals surface area contributed by atoms with Crippen LogP contribution in [0.5, 0.6) is 0 Å². The van der Waals surface area contributed by atoms with Gasteiger partial charge in [-0.25, -0.2) is 0 Å². The van der Waals surface area contributed by atoms with Crippen LogP contribution in [0.4, 0.5) is 11.8 Å². The van der Waals surface area contributed by atoms with Crippen LogP contribution in [0.1, 0.15) is 13.8 Å². The summed E-state index contributed by atoms with van der Waals surface area (Å²) in [6.45, 7) is 4.35. The van der Waals surface area contributed by atoms with Crippen molar-refractivity contribution in [1.82, 2.24) is 19.9 Å². The molecule has 2 aromatic rings. The number of aromatic amines is 1. The molecule has 2 rings (SSSR count). The molecule has 0 radical (unpaired) electrons. The molecule has 0 aliphatic rings. The first-order valence-corrected chi connectivity index (χ1v) is 6.84. The number of rotatable bonds is 3. The third-order valence-corrected chi connectivity index (χ3v) is 3.73. The zero-order chi connectivity index (χ0) is 10.8. The maximum atomic E-state index is 5.59. The topological polar surface area (TPSA) is 92.5 Å². The van der Waals surface area contributed by atoms with Gasteiger partial charge in [0.2, 0.25) is 0 Å². The Morgan fingerprint density at radius 2 is 2.27 bits per heavy atom. The number of nitrogens with zero attached hydrogens (tertiary/aromatic N) is 3. The van der Waals surface area contributed by atoms with E-state index in [4.69, 9.17) is 5.73 Å². The number of nitrogens with two attached hydrogens (primary N) is 1. The summed E-state index contributed by atoms with van der Waals surface area (Å²) in [5.41, 5.74) is 7.02. The molecule has 0 aliphatic heterocycles. The van der Waals surface area contributed by atoms with Gasteiger partial charge < -0.3 is 0 Å². The van der Waals surface area contributed by atoms with E-state index in [1.165, 1.54) is 0 Å². The third kappa shape index (κ3) is 2.28. The fourth-order valence-corrected chi connectivity index (χ4v) is 2.39. The molecule has 0 saturated carbocycles. The molecule has 0 aromatic carbocycles. The number of anilines is 2. The molecule has 0 amide bonds. The van der Waals surface area contributed by atoms with E-state index >= 15 is 0 Å². The van der Waals surface area contributed by atoms with Crippen molar-refractivity contribution in [1.29, 1.82) is 0 Å². The van der Waals surface area contributed by atoms with Gasteiger partial charge in [-0.3, -0.25) is 0 Å². The molecule has 4 N–H and O–H groups in total. The van der Waals surface area contributed by atoms with Crippen molar-refractivity contribution in [3.63, 3.8) is 0 Å². The Bertz CT molecular complexity index is 465. The van der Waals surface area contributed by atoms with Gasteiger partial charge in [0.05, 0.1) is 0 Å². The van der Waals surface area contributed by atoms with Gasteiger partial charge in [-0.05, 0) is 0 Å². The van der Waals surface area contributed by atoms with Crippen LogP contribution >= 0.6 is 0 Å². The molecule has 82 valence electrons. The molecule has 0 bridgehead atoms. The fourth-order valence-electron chi connectivity index (χ4n) is 1.08. The summed E-state index contributed by atoms with van der Waals surface area (Å²) in [6.07, 6.45) is 1.59. The molecule has 0 saturated heterocycles. The summed E-state index contributed by atoms with van der Waals surface area (Å²) in [4.78, 5) is 15.2. The van der Waals surface area contributed by atoms with Gasteiger partial charge in [-0.1, -0.05) is 0 Å². The van der Waals surface area contributed by atoms with E-state index in [-0.39, 0.29) is 27.4 Å². The van der Waals surface area contributed by atoms with Crippen molar-refractivity contribution in [2.45, 2.75) is 17.8 Å². The number of imidazole rings is 1. The molecule has 2 aromatic heterocycles. The number of aromatic nitrogens is 4. The normalized spacial score (nSPS) is 11.4. The van der Waals surface area contributed by atoms with Crippen LogP contribution in [0.15, 0.2) is 6.33 Å². The quantitative estimate of drug-likeness (QED) is 0.338. The van der Waals surface area contributed by atoms with Gasteiger partial charge in [-0.2, -0.15) is 0 Å². The summed E-state index contributed by atoms with van der Waals surface area (Å²) < 4.78 is 3.97. The van der Waals surface area contributed by atoms with Crippen molar-refractivity contribution in [3.05, 3.63) is 6.33 Å². The van der Waals surface area contributed by atoms with Crippen molar-refractivity contribution in [2.75, 3.05) is 9.26 Å². The van der Waals surface area contributed by atoms with E-state index in [2.05, 4.69) is 37.3 Å². The molecule has 0 fully saturated rings. The van der Waals surface area contributed by atoms with Crippen molar-refractivity contribution in [3.8, 4) is 0 Å². The molecule has 0 unspecified atom stereocenters. The third-order valence-electron chi connectivity index (χ3n) is 1.67. The predicted molar refractivity (Wildman–Crippen MR) is 54.9 cm³/mol. The molecule has 2 heterocycles. The Hall–Kier alpha value is -1.12. The van der Waals surface area contributed by atoms with E-state index in [1.54, 1.807) is 6.33 Å². The second-order valence-corrected chi connectivity index (χ2v) is 6.90. The molecule has 0 aliphatic carbocycles. The van der Waals surface area contributed by atoms with Crippen LogP contribution in [0.2, 0.25) is 0 Å². The van der Waals surface area contributed by atoms with Crippen LogP contribution in [0.3, 0.4) is 0 Å². The first-order chi connectivity index (χ1) is 7.16. The van der Waals surface area contributed by atoms with E-state index in [1.807, 2.05) is 0 Å². The summed E-state index contributed by atoms with van der Waals surface area (Å²) in [5, 5.41) is 0. The summed E-state index contributed by atoms with van der Waals surface area (Å²) >= 11 is -0.125. The average Bonchev–Trinajstić information content (AvgIpc) is 2.61. The zero-order valence-electron chi connectivity index (χ0n) is 8.45. The van der Waals surface area contributed by atoms with Crippen LogP contribution < -0.4 is 30.7 Å². The number of halogens is 1. The number of hydrogen-bond acceptors (Lipinski definition) is 5. The zero-order valence-corrected chi connectivity index (χ0v) is 10.6. The Morgan fingerprint density at radius 1 is 1.47 bits per heavy atom. The van der Waals surface area contributed by atoms with Crippen molar-refractivity contribution in [2.24, 2.45) is 0 Å². The fraction of sp³-hybridized carbons (Fsp3) is 0.375. The second-order valence-electron chi connectivity index (χ2n) is 3.25. The maximum absolute atomic E-state index is 5.59. The monoisotopic (exact) mass is 319 g/mol. The molecule has 0 atom stereocenters. The summed E-state index contributed by atoms with van der Waals surface area (Å²) in [7, 11) is 0. The van der Waals surface area contributed by atoms with Crippen LogP contribution in [-0.2, 0) is 0 Å². The first-order valence-electron chi connectivity index (χ1n) is 4.52. The summed E-state index contributed by atoms with van der Waals surface area (Å²) in [5.74, 6) is 1.02. The number of fused-ring (bicyclic) bond motifs is 1. The SMILES string of the molecule is CC(C)[I-]Nc1nc(N)nc2nc[nH]c12. The Kier molecular flexibility index (Phi) is 2.89. The van der Waals surface area contributed by atoms with Gasteiger partial charge in [0.1, 0.15) is 0 Å². The molecular weight excluding hydrogens is 307 g/mol. The van der Waals surface area contributed by atoms with E-state index in [9.17, 15) is 0 Å².